The maximum atomic E-state index is 11.9. The molecule has 2 rings (SSSR count). The SMILES string of the molecule is COC(=O)CN(Cc1ncc(C)c(OC)c1C)c1nc(N)nc(C)c1N=O. The Morgan fingerprint density at radius 3 is 2.56 bits per heavy atom. The van der Waals surface area contributed by atoms with Gasteiger partial charge in [-0.3, -0.25) is 9.78 Å². The minimum absolute atomic E-state index is 0.00447. The molecule has 2 aromatic heterocycles. The van der Waals surface area contributed by atoms with Gasteiger partial charge in [-0.25, -0.2) is 4.98 Å². The Morgan fingerprint density at radius 2 is 1.96 bits per heavy atom. The molecular weight excluding hydrogens is 352 g/mol. The molecule has 0 atom stereocenters. The first-order valence-corrected chi connectivity index (χ1v) is 8.10. The minimum Gasteiger partial charge on any atom is -0.496 e. The number of esters is 1. The largest absolute Gasteiger partial charge is 0.496 e. The molecule has 0 radical (unpaired) electrons. The third kappa shape index (κ3) is 4.27. The van der Waals surface area contributed by atoms with E-state index in [2.05, 4.69) is 20.1 Å². The summed E-state index contributed by atoms with van der Waals surface area (Å²) < 4.78 is 10.2. The number of aromatic nitrogens is 3. The molecule has 0 aromatic carbocycles. The lowest BCUT2D eigenvalue weighted by atomic mass is 10.1. The monoisotopic (exact) mass is 374 g/mol. The van der Waals surface area contributed by atoms with Gasteiger partial charge in [0.25, 0.3) is 0 Å². The van der Waals surface area contributed by atoms with E-state index in [1.807, 2.05) is 13.8 Å². The van der Waals surface area contributed by atoms with Crippen LogP contribution in [0.15, 0.2) is 11.4 Å². The van der Waals surface area contributed by atoms with Crippen molar-refractivity contribution >= 4 is 23.4 Å². The van der Waals surface area contributed by atoms with E-state index in [-0.39, 0.29) is 30.5 Å². The van der Waals surface area contributed by atoms with Gasteiger partial charge in [-0.05, 0) is 25.9 Å². The van der Waals surface area contributed by atoms with Gasteiger partial charge in [0.2, 0.25) is 5.95 Å². The molecule has 0 saturated heterocycles. The van der Waals surface area contributed by atoms with Gasteiger partial charge >= 0.3 is 5.97 Å². The number of nitroso groups, excluding NO2 is 1. The molecule has 0 aliphatic heterocycles. The third-order valence-corrected chi connectivity index (χ3v) is 4.09. The Bertz CT molecular complexity index is 871. The fraction of sp³-hybridized carbons (Fsp3) is 0.412. The van der Waals surface area contributed by atoms with Crippen molar-refractivity contribution in [1.82, 2.24) is 15.0 Å². The summed E-state index contributed by atoms with van der Waals surface area (Å²) in [7, 11) is 2.85. The zero-order valence-electron chi connectivity index (χ0n) is 15.9. The van der Waals surface area contributed by atoms with Crippen molar-refractivity contribution in [1.29, 1.82) is 0 Å². The second-order valence-corrected chi connectivity index (χ2v) is 5.91. The van der Waals surface area contributed by atoms with Crippen LogP contribution in [0.25, 0.3) is 0 Å². The van der Waals surface area contributed by atoms with Crippen molar-refractivity contribution in [2.45, 2.75) is 27.3 Å². The van der Waals surface area contributed by atoms with Crippen LogP contribution in [0.4, 0.5) is 17.5 Å². The first-order chi connectivity index (χ1) is 12.8. The standard InChI is InChI=1S/C17H22N6O4/c1-9-6-19-12(10(2)15(9)27-5)7-23(8-13(24)26-4)16-14(22-25)11(3)20-17(18)21-16/h6H,7-8H2,1-5H3,(H2,18,20,21). The van der Waals surface area contributed by atoms with E-state index < -0.39 is 5.97 Å². The van der Waals surface area contributed by atoms with E-state index in [0.717, 1.165) is 11.1 Å². The van der Waals surface area contributed by atoms with Crippen molar-refractivity contribution in [2.24, 2.45) is 5.18 Å². The van der Waals surface area contributed by atoms with Gasteiger partial charge in [-0.15, -0.1) is 4.91 Å². The number of carbonyl (C=O) groups excluding carboxylic acids is 1. The number of methoxy groups -OCH3 is 2. The number of carbonyl (C=O) groups is 1. The summed E-state index contributed by atoms with van der Waals surface area (Å²) in [6, 6.07) is 0. The maximum absolute atomic E-state index is 11.9. The van der Waals surface area contributed by atoms with E-state index in [0.29, 0.717) is 17.1 Å². The van der Waals surface area contributed by atoms with Gasteiger partial charge in [0.15, 0.2) is 11.5 Å². The fourth-order valence-electron chi connectivity index (χ4n) is 2.74. The minimum atomic E-state index is -0.515. The predicted molar refractivity (Wildman–Crippen MR) is 100.0 cm³/mol. The molecule has 0 unspecified atom stereocenters. The van der Waals surface area contributed by atoms with Crippen LogP contribution in [0.3, 0.4) is 0 Å². The number of hydrogen-bond acceptors (Lipinski definition) is 10. The summed E-state index contributed by atoms with van der Waals surface area (Å²) in [5, 5.41) is 3.01. The molecule has 0 saturated carbocycles. The highest BCUT2D eigenvalue weighted by atomic mass is 16.5. The summed E-state index contributed by atoms with van der Waals surface area (Å²) >= 11 is 0. The molecule has 2 heterocycles. The predicted octanol–water partition coefficient (Wildman–Crippen LogP) is 1.97. The lowest BCUT2D eigenvalue weighted by Gasteiger charge is -2.24. The first kappa shape index (κ1) is 20.0. The number of anilines is 2. The Kier molecular flexibility index (Phi) is 6.22. The number of nitrogens with zero attached hydrogens (tertiary/aromatic N) is 5. The Hall–Kier alpha value is -3.30. The van der Waals surface area contributed by atoms with Crippen LogP contribution in [0.1, 0.15) is 22.5 Å². The molecule has 0 aliphatic carbocycles. The summed E-state index contributed by atoms with van der Waals surface area (Å²) in [6.07, 6.45) is 1.68. The average Bonchev–Trinajstić information content (AvgIpc) is 2.63. The number of hydrogen-bond donors (Lipinski definition) is 1. The fourth-order valence-corrected chi connectivity index (χ4v) is 2.74. The lowest BCUT2D eigenvalue weighted by Crippen LogP contribution is -2.32. The van der Waals surface area contributed by atoms with Gasteiger partial charge in [-0.1, -0.05) is 0 Å². The molecule has 0 spiro atoms. The Balaban J connectivity index is 2.55. The molecule has 10 heteroatoms. The third-order valence-electron chi connectivity index (χ3n) is 4.09. The van der Waals surface area contributed by atoms with Gasteiger partial charge in [-0.2, -0.15) is 4.98 Å². The molecule has 0 fully saturated rings. The average molecular weight is 374 g/mol. The summed E-state index contributed by atoms with van der Waals surface area (Å²) in [6.45, 7) is 5.33. The number of nitrogens with two attached hydrogens (primary N) is 1. The van der Waals surface area contributed by atoms with Crippen molar-refractivity contribution in [3.8, 4) is 5.75 Å². The molecule has 2 N–H and O–H groups in total. The topological polar surface area (TPSA) is 133 Å². The number of rotatable bonds is 7. The van der Waals surface area contributed by atoms with Crippen LogP contribution in [0, 0.1) is 25.7 Å². The smallest absolute Gasteiger partial charge is 0.325 e. The van der Waals surface area contributed by atoms with Crippen LogP contribution < -0.4 is 15.4 Å². The quantitative estimate of drug-likeness (QED) is 0.570. The molecule has 10 nitrogen and oxygen atoms in total. The second-order valence-electron chi connectivity index (χ2n) is 5.91. The van der Waals surface area contributed by atoms with E-state index in [1.165, 1.54) is 12.0 Å². The molecule has 0 bridgehead atoms. The molecule has 0 aliphatic rings. The van der Waals surface area contributed by atoms with Gasteiger partial charge in [0.05, 0.1) is 32.2 Å². The van der Waals surface area contributed by atoms with Crippen molar-refractivity contribution < 1.29 is 14.3 Å². The van der Waals surface area contributed by atoms with Crippen molar-refractivity contribution in [3.05, 3.63) is 33.6 Å². The normalized spacial score (nSPS) is 10.4. The van der Waals surface area contributed by atoms with Gasteiger partial charge in [0, 0.05) is 17.3 Å². The highest BCUT2D eigenvalue weighted by Gasteiger charge is 2.23. The highest BCUT2D eigenvalue weighted by Crippen LogP contribution is 2.32. The molecule has 27 heavy (non-hydrogen) atoms. The van der Waals surface area contributed by atoms with Crippen LogP contribution in [0.5, 0.6) is 5.75 Å². The maximum Gasteiger partial charge on any atom is 0.325 e. The molecule has 2 aromatic rings. The molecule has 144 valence electrons. The second kappa shape index (κ2) is 8.39. The first-order valence-electron chi connectivity index (χ1n) is 8.10. The summed E-state index contributed by atoms with van der Waals surface area (Å²) in [5.74, 6) is 0.292. The zero-order valence-corrected chi connectivity index (χ0v) is 15.9. The number of pyridine rings is 1. The van der Waals surface area contributed by atoms with Crippen molar-refractivity contribution in [3.63, 3.8) is 0 Å². The Morgan fingerprint density at radius 1 is 1.26 bits per heavy atom. The lowest BCUT2D eigenvalue weighted by molar-refractivity contribution is -0.139. The Labute approximate surface area is 156 Å². The van der Waals surface area contributed by atoms with Gasteiger partial charge in [0.1, 0.15) is 12.3 Å². The highest BCUT2D eigenvalue weighted by molar-refractivity contribution is 5.78. The van der Waals surface area contributed by atoms with Crippen LogP contribution >= 0.6 is 0 Å². The van der Waals surface area contributed by atoms with E-state index in [1.54, 1.807) is 20.2 Å². The van der Waals surface area contributed by atoms with E-state index in [9.17, 15) is 9.70 Å². The molecular formula is C17H22N6O4. The molecule has 0 amide bonds. The van der Waals surface area contributed by atoms with Crippen LogP contribution in [-0.2, 0) is 16.1 Å². The van der Waals surface area contributed by atoms with Gasteiger partial charge < -0.3 is 20.1 Å². The zero-order chi connectivity index (χ0) is 20.1. The van der Waals surface area contributed by atoms with E-state index in [4.69, 9.17) is 15.2 Å². The van der Waals surface area contributed by atoms with Crippen LogP contribution in [0.2, 0.25) is 0 Å². The number of nitrogen functional groups attached to an aromatic ring is 1. The number of ether oxygens (including phenoxy) is 2. The van der Waals surface area contributed by atoms with E-state index >= 15 is 0 Å². The van der Waals surface area contributed by atoms with Crippen molar-refractivity contribution in [2.75, 3.05) is 31.4 Å². The summed E-state index contributed by atoms with van der Waals surface area (Å²) in [4.78, 5) is 37.3. The van der Waals surface area contributed by atoms with Crippen LogP contribution in [-0.4, -0.2) is 41.7 Å². The summed E-state index contributed by atoms with van der Waals surface area (Å²) in [5.41, 5.74) is 8.39. The number of aryl methyl sites for hydroxylation is 2.